The average Bonchev–Trinajstić information content (AvgIpc) is 2.87. The lowest BCUT2D eigenvalue weighted by Crippen LogP contribution is -2.31. The van der Waals surface area contributed by atoms with E-state index in [9.17, 15) is 0 Å². The maximum atomic E-state index is 5.81. The van der Waals surface area contributed by atoms with Gasteiger partial charge in [0.25, 0.3) is 0 Å². The van der Waals surface area contributed by atoms with Gasteiger partial charge in [0, 0.05) is 13.1 Å². The van der Waals surface area contributed by atoms with Crippen LogP contribution in [0.2, 0.25) is 0 Å². The number of hydrogen-bond donors (Lipinski definition) is 0. The van der Waals surface area contributed by atoms with Crippen LogP contribution in [0.3, 0.4) is 0 Å². The van der Waals surface area contributed by atoms with Crippen molar-refractivity contribution in [2.24, 2.45) is 9.98 Å². The highest BCUT2D eigenvalue weighted by molar-refractivity contribution is 6.46. The van der Waals surface area contributed by atoms with Crippen molar-refractivity contribution < 1.29 is 4.74 Å². The van der Waals surface area contributed by atoms with Gasteiger partial charge in [-0.3, -0.25) is 4.99 Å². The highest BCUT2D eigenvalue weighted by atomic mass is 16.5. The van der Waals surface area contributed by atoms with Crippen LogP contribution in [0.15, 0.2) is 21.6 Å². The van der Waals surface area contributed by atoms with Crippen LogP contribution in [-0.2, 0) is 4.74 Å². The van der Waals surface area contributed by atoms with Gasteiger partial charge in [0.1, 0.15) is 12.4 Å². The fraction of sp³-hybridized carbons (Fsp3) is 0.733. The van der Waals surface area contributed by atoms with E-state index in [1.165, 1.54) is 24.8 Å². The maximum absolute atomic E-state index is 5.81. The summed E-state index contributed by atoms with van der Waals surface area (Å²) < 4.78 is 5.81. The number of aliphatic imine (C=N–C) groups is 2. The zero-order chi connectivity index (χ0) is 13.5. The van der Waals surface area contributed by atoms with Crippen LogP contribution >= 0.6 is 0 Å². The van der Waals surface area contributed by atoms with E-state index < -0.39 is 0 Å². The fourth-order valence-corrected chi connectivity index (χ4v) is 2.43. The van der Waals surface area contributed by atoms with Gasteiger partial charge in [-0.05, 0) is 25.5 Å². The van der Waals surface area contributed by atoms with E-state index in [2.05, 4.69) is 34.9 Å². The predicted octanol–water partition coefficient (Wildman–Crippen LogP) is 2.66. The molecule has 0 unspecified atom stereocenters. The van der Waals surface area contributed by atoms with Crippen LogP contribution < -0.4 is 0 Å². The molecule has 0 radical (unpaired) electrons. The Bertz CT molecular complexity index is 385. The molecular formula is C15H25N3O. The summed E-state index contributed by atoms with van der Waals surface area (Å²) >= 11 is 0. The molecule has 0 N–H and O–H groups in total. The second kappa shape index (κ2) is 7.43. The summed E-state index contributed by atoms with van der Waals surface area (Å²) in [5.74, 6) is 0.762. The Morgan fingerprint density at radius 1 is 1.26 bits per heavy atom. The van der Waals surface area contributed by atoms with E-state index in [1.807, 2.05) is 0 Å². The van der Waals surface area contributed by atoms with Gasteiger partial charge in [0.2, 0.25) is 5.90 Å². The number of hydrogen-bond acceptors (Lipinski definition) is 4. The molecule has 106 valence electrons. The van der Waals surface area contributed by atoms with Crippen molar-refractivity contribution in [3.05, 3.63) is 11.6 Å². The molecule has 0 spiro atoms. The lowest BCUT2D eigenvalue weighted by molar-refractivity contribution is 0.298. The van der Waals surface area contributed by atoms with Gasteiger partial charge < -0.3 is 9.64 Å². The first-order chi connectivity index (χ1) is 9.31. The highest BCUT2D eigenvalue weighted by Gasteiger charge is 2.22. The molecule has 4 heteroatoms. The Morgan fingerprint density at radius 2 is 2.16 bits per heavy atom. The summed E-state index contributed by atoms with van der Waals surface area (Å²) in [4.78, 5) is 11.2. The molecule has 2 rings (SSSR count). The van der Waals surface area contributed by atoms with E-state index in [-0.39, 0.29) is 0 Å². The normalized spacial score (nSPS) is 20.0. The van der Waals surface area contributed by atoms with Crippen molar-refractivity contribution >= 4 is 11.6 Å². The van der Waals surface area contributed by atoms with Crippen molar-refractivity contribution in [2.75, 3.05) is 33.4 Å². The maximum Gasteiger partial charge on any atom is 0.237 e. The highest BCUT2D eigenvalue weighted by Crippen LogP contribution is 2.14. The molecule has 0 aromatic rings. The standard InChI is InChI=1S/C15H25N3O/c1-3-4-5-6-10-19-15-14(16-12-17-15)13-8-7-9-18(2)11-13/h8H,3-7,9-12H2,1-2H3. The van der Waals surface area contributed by atoms with Crippen LogP contribution in [0.25, 0.3) is 0 Å². The quantitative estimate of drug-likeness (QED) is 0.691. The minimum atomic E-state index is 0.528. The van der Waals surface area contributed by atoms with E-state index in [0.717, 1.165) is 44.1 Å². The molecule has 0 atom stereocenters. The number of ether oxygens (including phenoxy) is 1. The zero-order valence-corrected chi connectivity index (χ0v) is 12.2. The number of likely N-dealkylation sites (N-methyl/N-ethyl adjacent to an activating group) is 1. The van der Waals surface area contributed by atoms with Crippen LogP contribution in [-0.4, -0.2) is 49.9 Å². The zero-order valence-electron chi connectivity index (χ0n) is 12.2. The third-order valence-corrected chi connectivity index (χ3v) is 3.53. The van der Waals surface area contributed by atoms with Gasteiger partial charge in [-0.15, -0.1) is 0 Å². The van der Waals surface area contributed by atoms with Gasteiger partial charge in [-0.1, -0.05) is 32.3 Å². The minimum Gasteiger partial charge on any atom is -0.476 e. The van der Waals surface area contributed by atoms with Crippen LogP contribution in [0.1, 0.15) is 39.0 Å². The van der Waals surface area contributed by atoms with E-state index in [0.29, 0.717) is 6.67 Å². The number of rotatable bonds is 6. The molecule has 0 amide bonds. The molecule has 0 aromatic heterocycles. The third-order valence-electron chi connectivity index (χ3n) is 3.53. The summed E-state index contributed by atoms with van der Waals surface area (Å²) in [6, 6.07) is 0. The summed E-state index contributed by atoms with van der Waals surface area (Å²) in [5.41, 5.74) is 2.26. The second-order valence-corrected chi connectivity index (χ2v) is 5.28. The lowest BCUT2D eigenvalue weighted by atomic mass is 10.1. The first-order valence-corrected chi connectivity index (χ1v) is 7.41. The predicted molar refractivity (Wildman–Crippen MR) is 80.0 cm³/mol. The average molecular weight is 263 g/mol. The molecule has 4 nitrogen and oxygen atoms in total. The van der Waals surface area contributed by atoms with Crippen molar-refractivity contribution in [2.45, 2.75) is 39.0 Å². The molecule has 0 saturated carbocycles. The fourth-order valence-electron chi connectivity index (χ4n) is 2.43. The lowest BCUT2D eigenvalue weighted by Gasteiger charge is -2.23. The van der Waals surface area contributed by atoms with Gasteiger partial charge in [0.15, 0.2) is 0 Å². The molecule has 19 heavy (non-hydrogen) atoms. The summed E-state index contributed by atoms with van der Waals surface area (Å²) in [7, 11) is 2.14. The van der Waals surface area contributed by atoms with Gasteiger partial charge in [-0.2, -0.15) is 0 Å². The summed E-state index contributed by atoms with van der Waals surface area (Å²) in [6.07, 6.45) is 8.26. The largest absolute Gasteiger partial charge is 0.476 e. The van der Waals surface area contributed by atoms with Crippen molar-refractivity contribution in [1.29, 1.82) is 0 Å². The third kappa shape index (κ3) is 4.16. The van der Waals surface area contributed by atoms with Crippen molar-refractivity contribution in [1.82, 2.24) is 4.90 Å². The molecule has 0 aromatic carbocycles. The Hall–Kier alpha value is -1.16. The summed E-state index contributed by atoms with van der Waals surface area (Å²) in [5, 5.41) is 0. The molecule has 0 saturated heterocycles. The Morgan fingerprint density at radius 3 is 2.95 bits per heavy atom. The van der Waals surface area contributed by atoms with Crippen LogP contribution in [0.5, 0.6) is 0 Å². The summed E-state index contributed by atoms with van der Waals surface area (Å²) in [6.45, 7) is 5.60. The van der Waals surface area contributed by atoms with Crippen molar-refractivity contribution in [3.63, 3.8) is 0 Å². The molecule has 2 heterocycles. The minimum absolute atomic E-state index is 0.528. The molecule has 2 aliphatic heterocycles. The van der Waals surface area contributed by atoms with E-state index in [4.69, 9.17) is 4.74 Å². The smallest absolute Gasteiger partial charge is 0.237 e. The second-order valence-electron chi connectivity index (χ2n) is 5.28. The van der Waals surface area contributed by atoms with Gasteiger partial charge in [-0.25, -0.2) is 4.99 Å². The first kappa shape index (κ1) is 14.3. The molecule has 2 aliphatic rings. The Labute approximate surface area is 116 Å². The van der Waals surface area contributed by atoms with E-state index >= 15 is 0 Å². The SMILES string of the molecule is CCCCCCOC1=NCN=C1C1=CCCN(C)C1. The molecule has 0 aliphatic carbocycles. The number of unbranched alkanes of at least 4 members (excludes halogenated alkanes) is 3. The molecule has 0 bridgehead atoms. The van der Waals surface area contributed by atoms with Crippen LogP contribution in [0, 0.1) is 0 Å². The molecule has 0 fully saturated rings. The first-order valence-electron chi connectivity index (χ1n) is 7.41. The topological polar surface area (TPSA) is 37.2 Å². The Kier molecular flexibility index (Phi) is 5.58. The Balaban J connectivity index is 1.81. The molecular weight excluding hydrogens is 238 g/mol. The van der Waals surface area contributed by atoms with Crippen LogP contribution in [0.4, 0.5) is 0 Å². The number of nitrogens with zero attached hydrogens (tertiary/aromatic N) is 3. The van der Waals surface area contributed by atoms with Crippen molar-refractivity contribution in [3.8, 4) is 0 Å². The monoisotopic (exact) mass is 263 g/mol. The van der Waals surface area contributed by atoms with Gasteiger partial charge >= 0.3 is 0 Å². The van der Waals surface area contributed by atoms with Gasteiger partial charge in [0.05, 0.1) is 6.61 Å². The van der Waals surface area contributed by atoms with E-state index in [1.54, 1.807) is 0 Å².